The van der Waals surface area contributed by atoms with Crippen LogP contribution in [0.1, 0.15) is 12.5 Å². The number of methoxy groups -OCH3 is 1. The SMILES string of the molecule is COc1ccc(/C=C(\C#N)C(=O)OC(C)C(=O)Nc2cccc([N+](=O)[O-])c2)cc1. The Morgan fingerprint density at radius 3 is 2.52 bits per heavy atom. The highest BCUT2D eigenvalue weighted by Crippen LogP contribution is 2.18. The number of nitriles is 1. The summed E-state index contributed by atoms with van der Waals surface area (Å²) < 4.78 is 10.1. The molecule has 2 aromatic carbocycles. The van der Waals surface area contributed by atoms with Crippen LogP contribution in [0, 0.1) is 21.4 Å². The van der Waals surface area contributed by atoms with Gasteiger partial charge < -0.3 is 14.8 Å². The topological polar surface area (TPSA) is 132 Å². The molecule has 0 spiro atoms. The van der Waals surface area contributed by atoms with Crippen molar-refractivity contribution in [2.75, 3.05) is 12.4 Å². The number of benzene rings is 2. The minimum Gasteiger partial charge on any atom is -0.497 e. The van der Waals surface area contributed by atoms with E-state index < -0.39 is 22.9 Å². The molecule has 0 radical (unpaired) electrons. The molecule has 0 aliphatic rings. The van der Waals surface area contributed by atoms with Crippen molar-refractivity contribution in [3.05, 3.63) is 69.8 Å². The third-order valence-electron chi connectivity index (χ3n) is 3.74. The van der Waals surface area contributed by atoms with Gasteiger partial charge in [-0.05, 0) is 36.8 Å². The lowest BCUT2D eigenvalue weighted by Crippen LogP contribution is -2.30. The van der Waals surface area contributed by atoms with E-state index >= 15 is 0 Å². The first kappa shape index (κ1) is 21.1. The molecular formula is C20H17N3O6. The summed E-state index contributed by atoms with van der Waals surface area (Å²) in [5.74, 6) is -1.04. The van der Waals surface area contributed by atoms with Gasteiger partial charge in [-0.2, -0.15) is 5.26 Å². The molecule has 1 unspecified atom stereocenters. The van der Waals surface area contributed by atoms with E-state index in [0.29, 0.717) is 11.3 Å². The number of hydrogen-bond acceptors (Lipinski definition) is 7. The van der Waals surface area contributed by atoms with Crippen molar-refractivity contribution in [3.63, 3.8) is 0 Å². The van der Waals surface area contributed by atoms with Gasteiger partial charge in [-0.3, -0.25) is 14.9 Å². The average Bonchev–Trinajstić information content (AvgIpc) is 2.72. The smallest absolute Gasteiger partial charge is 0.349 e. The predicted molar refractivity (Wildman–Crippen MR) is 104 cm³/mol. The fourth-order valence-electron chi connectivity index (χ4n) is 2.22. The third-order valence-corrected chi connectivity index (χ3v) is 3.74. The molecule has 0 aromatic heterocycles. The van der Waals surface area contributed by atoms with E-state index in [1.165, 1.54) is 44.4 Å². The van der Waals surface area contributed by atoms with Crippen LogP contribution in [-0.2, 0) is 14.3 Å². The molecule has 0 bridgehead atoms. The lowest BCUT2D eigenvalue weighted by atomic mass is 10.1. The molecule has 0 fully saturated rings. The van der Waals surface area contributed by atoms with Crippen LogP contribution >= 0.6 is 0 Å². The maximum atomic E-state index is 12.2. The first-order valence-electron chi connectivity index (χ1n) is 8.36. The van der Waals surface area contributed by atoms with Gasteiger partial charge in [-0.25, -0.2) is 4.79 Å². The Balaban J connectivity index is 2.04. The number of nitrogens with one attached hydrogen (secondary N) is 1. The number of hydrogen-bond donors (Lipinski definition) is 1. The van der Waals surface area contributed by atoms with Gasteiger partial charge in [0.1, 0.15) is 17.4 Å². The molecule has 0 saturated heterocycles. The first-order valence-corrected chi connectivity index (χ1v) is 8.36. The van der Waals surface area contributed by atoms with E-state index in [2.05, 4.69) is 5.32 Å². The van der Waals surface area contributed by atoms with Crippen molar-refractivity contribution >= 4 is 29.3 Å². The van der Waals surface area contributed by atoms with Gasteiger partial charge in [0.2, 0.25) is 0 Å². The highest BCUT2D eigenvalue weighted by atomic mass is 16.6. The van der Waals surface area contributed by atoms with Crippen LogP contribution in [-0.4, -0.2) is 30.0 Å². The molecule has 9 heteroatoms. The molecule has 2 rings (SSSR count). The van der Waals surface area contributed by atoms with E-state index in [1.54, 1.807) is 30.3 Å². The van der Waals surface area contributed by atoms with E-state index in [9.17, 15) is 25.0 Å². The van der Waals surface area contributed by atoms with E-state index in [0.717, 1.165) is 0 Å². The van der Waals surface area contributed by atoms with Gasteiger partial charge in [-0.1, -0.05) is 18.2 Å². The van der Waals surface area contributed by atoms with Crippen molar-refractivity contribution in [1.82, 2.24) is 0 Å². The number of nitro benzene ring substituents is 1. The standard InChI is InChI=1S/C20H17N3O6/c1-13(19(24)22-16-4-3-5-17(11-16)23(26)27)29-20(25)15(12-21)10-14-6-8-18(28-2)9-7-14/h3-11,13H,1-2H3,(H,22,24)/b15-10+. The number of carbonyl (C=O) groups is 2. The highest BCUT2D eigenvalue weighted by molar-refractivity contribution is 6.01. The van der Waals surface area contributed by atoms with Gasteiger partial charge in [0.25, 0.3) is 11.6 Å². The zero-order valence-electron chi connectivity index (χ0n) is 15.6. The largest absolute Gasteiger partial charge is 0.497 e. The number of rotatable bonds is 7. The molecule has 0 saturated carbocycles. The lowest BCUT2D eigenvalue weighted by molar-refractivity contribution is -0.384. The number of nitrogens with zero attached hydrogens (tertiary/aromatic N) is 2. The normalized spacial score (nSPS) is 11.7. The summed E-state index contributed by atoms with van der Waals surface area (Å²) >= 11 is 0. The predicted octanol–water partition coefficient (Wildman–Crippen LogP) is 3.08. The van der Waals surface area contributed by atoms with E-state index in [-0.39, 0.29) is 16.9 Å². The summed E-state index contributed by atoms with van der Waals surface area (Å²) in [7, 11) is 1.52. The minimum absolute atomic E-state index is 0.182. The summed E-state index contributed by atoms with van der Waals surface area (Å²) in [6.07, 6.45) is 0.0989. The second-order valence-electron chi connectivity index (χ2n) is 5.79. The van der Waals surface area contributed by atoms with Gasteiger partial charge in [0, 0.05) is 17.8 Å². The maximum absolute atomic E-state index is 12.2. The van der Waals surface area contributed by atoms with Gasteiger partial charge in [0.05, 0.1) is 12.0 Å². The number of nitro groups is 1. The number of esters is 1. The van der Waals surface area contributed by atoms with Crippen LogP contribution in [0.5, 0.6) is 5.75 Å². The van der Waals surface area contributed by atoms with Crippen molar-refractivity contribution < 1.29 is 24.0 Å². The molecule has 0 aliphatic heterocycles. The number of anilines is 1. The summed E-state index contributed by atoms with van der Waals surface area (Å²) in [6, 6.07) is 13.7. The number of non-ortho nitro benzene ring substituents is 1. The minimum atomic E-state index is -1.23. The van der Waals surface area contributed by atoms with Gasteiger partial charge in [-0.15, -0.1) is 0 Å². The van der Waals surface area contributed by atoms with Crippen molar-refractivity contribution in [3.8, 4) is 11.8 Å². The Labute approximate surface area is 166 Å². The molecular weight excluding hydrogens is 378 g/mol. The second kappa shape index (κ2) is 9.66. The Morgan fingerprint density at radius 1 is 1.24 bits per heavy atom. The van der Waals surface area contributed by atoms with Crippen LogP contribution < -0.4 is 10.1 Å². The Kier molecular flexibility index (Phi) is 7.03. The summed E-state index contributed by atoms with van der Waals surface area (Å²) in [5.41, 5.74) is 0.279. The van der Waals surface area contributed by atoms with Crippen molar-refractivity contribution in [2.24, 2.45) is 0 Å². The quantitative estimate of drug-likeness (QED) is 0.250. The van der Waals surface area contributed by atoms with Crippen molar-refractivity contribution in [1.29, 1.82) is 5.26 Å². The number of carbonyl (C=O) groups excluding carboxylic acids is 2. The summed E-state index contributed by atoms with van der Waals surface area (Å²) in [6.45, 7) is 1.33. The lowest BCUT2D eigenvalue weighted by Gasteiger charge is -2.13. The molecule has 1 amide bonds. The number of ether oxygens (including phenoxy) is 2. The monoisotopic (exact) mass is 395 g/mol. The fraction of sp³-hybridized carbons (Fsp3) is 0.150. The molecule has 2 aromatic rings. The Bertz CT molecular complexity index is 992. The highest BCUT2D eigenvalue weighted by Gasteiger charge is 2.21. The third kappa shape index (κ3) is 5.90. The maximum Gasteiger partial charge on any atom is 0.349 e. The molecule has 29 heavy (non-hydrogen) atoms. The summed E-state index contributed by atoms with van der Waals surface area (Å²) in [4.78, 5) is 34.6. The first-order chi connectivity index (χ1) is 13.8. The van der Waals surface area contributed by atoms with Crippen LogP contribution in [0.25, 0.3) is 6.08 Å². The molecule has 0 heterocycles. The second-order valence-corrected chi connectivity index (χ2v) is 5.79. The molecule has 9 nitrogen and oxygen atoms in total. The Hall–Kier alpha value is -4.19. The van der Waals surface area contributed by atoms with Crippen LogP contribution in [0.4, 0.5) is 11.4 Å². The zero-order valence-corrected chi connectivity index (χ0v) is 15.6. The Morgan fingerprint density at radius 2 is 1.93 bits per heavy atom. The molecule has 1 N–H and O–H groups in total. The average molecular weight is 395 g/mol. The van der Waals surface area contributed by atoms with E-state index in [4.69, 9.17) is 9.47 Å². The van der Waals surface area contributed by atoms with Crippen molar-refractivity contribution in [2.45, 2.75) is 13.0 Å². The van der Waals surface area contributed by atoms with Crippen LogP contribution in [0.2, 0.25) is 0 Å². The number of amides is 1. The fourth-order valence-corrected chi connectivity index (χ4v) is 2.22. The molecule has 0 aliphatic carbocycles. The zero-order chi connectivity index (χ0) is 21.4. The van der Waals surface area contributed by atoms with E-state index in [1.807, 2.05) is 0 Å². The van der Waals surface area contributed by atoms with Crippen LogP contribution in [0.3, 0.4) is 0 Å². The molecule has 148 valence electrons. The van der Waals surface area contributed by atoms with Gasteiger partial charge >= 0.3 is 5.97 Å². The van der Waals surface area contributed by atoms with Crippen LogP contribution in [0.15, 0.2) is 54.1 Å². The molecule has 1 atom stereocenters. The summed E-state index contributed by atoms with van der Waals surface area (Å²) in [5, 5.41) is 22.4. The van der Waals surface area contributed by atoms with Gasteiger partial charge in [0.15, 0.2) is 6.10 Å².